The number of hydrogen-bond donors (Lipinski definition) is 2. The van der Waals surface area contributed by atoms with E-state index in [0.29, 0.717) is 0 Å². The zero-order valence-corrected chi connectivity index (χ0v) is 14.4. The summed E-state index contributed by atoms with van der Waals surface area (Å²) >= 11 is 3.68. The minimum Gasteiger partial charge on any atom is -0.368 e. The van der Waals surface area contributed by atoms with Crippen molar-refractivity contribution in [2.75, 3.05) is 24.5 Å². The molecule has 1 aromatic carbocycles. The van der Waals surface area contributed by atoms with Crippen LogP contribution in [0.1, 0.15) is 32.3 Å². The summed E-state index contributed by atoms with van der Waals surface area (Å²) in [4.78, 5) is 13.5. The third-order valence-electron chi connectivity index (χ3n) is 3.70. The van der Waals surface area contributed by atoms with Crippen molar-refractivity contribution in [3.8, 4) is 0 Å². The van der Waals surface area contributed by atoms with Crippen molar-refractivity contribution in [3.63, 3.8) is 0 Å². The normalized spacial score (nSPS) is 18.0. The standard InChI is InChI=1S/C16H24BrN3O/c1-3-7-18-10-13-4-5-16(15(17)9-13)20-8-6-14(11-20)19-12(2)21/h4-5,9,14,18H,3,6-8,10-11H2,1-2H3,(H,19,21). The van der Waals surface area contributed by atoms with Gasteiger partial charge in [-0.2, -0.15) is 0 Å². The van der Waals surface area contributed by atoms with Gasteiger partial charge in [0.2, 0.25) is 5.91 Å². The van der Waals surface area contributed by atoms with Gasteiger partial charge in [0.15, 0.2) is 0 Å². The topological polar surface area (TPSA) is 44.4 Å². The van der Waals surface area contributed by atoms with Gasteiger partial charge in [-0.3, -0.25) is 4.79 Å². The van der Waals surface area contributed by atoms with Crippen LogP contribution < -0.4 is 15.5 Å². The maximum absolute atomic E-state index is 11.1. The molecule has 4 nitrogen and oxygen atoms in total. The molecule has 0 spiro atoms. The molecule has 1 fully saturated rings. The number of benzene rings is 1. The lowest BCUT2D eigenvalue weighted by molar-refractivity contribution is -0.119. The molecule has 1 aliphatic heterocycles. The molecule has 1 atom stereocenters. The Morgan fingerprint density at radius 1 is 1.48 bits per heavy atom. The fraction of sp³-hybridized carbons (Fsp3) is 0.562. The van der Waals surface area contributed by atoms with Gasteiger partial charge in [-0.05, 0) is 53.0 Å². The van der Waals surface area contributed by atoms with E-state index < -0.39 is 0 Å². The van der Waals surface area contributed by atoms with E-state index in [9.17, 15) is 4.79 Å². The van der Waals surface area contributed by atoms with Crippen molar-refractivity contribution in [2.24, 2.45) is 0 Å². The molecule has 1 aromatic rings. The monoisotopic (exact) mass is 353 g/mol. The van der Waals surface area contributed by atoms with Crippen LogP contribution in [0.5, 0.6) is 0 Å². The first-order valence-electron chi connectivity index (χ1n) is 7.61. The predicted octanol–water partition coefficient (Wildman–Crippen LogP) is 2.66. The van der Waals surface area contributed by atoms with Gasteiger partial charge in [-0.25, -0.2) is 0 Å². The van der Waals surface area contributed by atoms with Crippen molar-refractivity contribution in [3.05, 3.63) is 28.2 Å². The van der Waals surface area contributed by atoms with Crippen LogP contribution in [0.15, 0.2) is 22.7 Å². The van der Waals surface area contributed by atoms with Gasteiger partial charge in [-0.15, -0.1) is 0 Å². The molecular weight excluding hydrogens is 330 g/mol. The highest BCUT2D eigenvalue weighted by Crippen LogP contribution is 2.30. The largest absolute Gasteiger partial charge is 0.368 e. The van der Waals surface area contributed by atoms with Crippen LogP contribution in [0.2, 0.25) is 0 Å². The minimum atomic E-state index is 0.0539. The molecule has 0 aromatic heterocycles. The fourth-order valence-electron chi connectivity index (χ4n) is 2.71. The van der Waals surface area contributed by atoms with Crippen LogP contribution in [-0.4, -0.2) is 31.6 Å². The second kappa shape index (κ2) is 7.80. The van der Waals surface area contributed by atoms with Crippen molar-refractivity contribution in [2.45, 2.75) is 39.3 Å². The molecule has 0 radical (unpaired) electrons. The second-order valence-electron chi connectivity index (χ2n) is 5.59. The summed E-state index contributed by atoms with van der Waals surface area (Å²) in [6, 6.07) is 6.79. The molecule has 1 amide bonds. The highest BCUT2D eigenvalue weighted by atomic mass is 79.9. The van der Waals surface area contributed by atoms with Gasteiger partial charge < -0.3 is 15.5 Å². The van der Waals surface area contributed by atoms with Crippen LogP contribution >= 0.6 is 15.9 Å². The van der Waals surface area contributed by atoms with E-state index in [4.69, 9.17) is 0 Å². The second-order valence-corrected chi connectivity index (χ2v) is 6.45. The van der Waals surface area contributed by atoms with E-state index in [0.717, 1.165) is 43.5 Å². The van der Waals surface area contributed by atoms with Crippen LogP contribution in [-0.2, 0) is 11.3 Å². The highest BCUT2D eigenvalue weighted by Gasteiger charge is 2.24. The third kappa shape index (κ3) is 4.71. The lowest BCUT2D eigenvalue weighted by Crippen LogP contribution is -2.35. The number of carbonyl (C=O) groups is 1. The molecule has 1 unspecified atom stereocenters. The molecule has 1 saturated heterocycles. The molecule has 2 rings (SSSR count). The van der Waals surface area contributed by atoms with Gasteiger partial charge in [0.05, 0.1) is 5.69 Å². The van der Waals surface area contributed by atoms with E-state index in [1.54, 1.807) is 6.92 Å². The Morgan fingerprint density at radius 3 is 2.95 bits per heavy atom. The predicted molar refractivity (Wildman–Crippen MR) is 90.6 cm³/mol. The summed E-state index contributed by atoms with van der Waals surface area (Å²) in [5, 5.41) is 6.42. The van der Waals surface area contributed by atoms with Crippen LogP contribution in [0, 0.1) is 0 Å². The molecule has 0 bridgehead atoms. The van der Waals surface area contributed by atoms with Gasteiger partial charge in [-0.1, -0.05) is 13.0 Å². The molecular formula is C16H24BrN3O. The number of amides is 1. The van der Waals surface area contributed by atoms with Gasteiger partial charge in [0.1, 0.15) is 0 Å². The Bertz CT molecular complexity index is 492. The maximum atomic E-state index is 11.1. The average molecular weight is 354 g/mol. The maximum Gasteiger partial charge on any atom is 0.217 e. The Hall–Kier alpha value is -1.07. The minimum absolute atomic E-state index is 0.0539. The lowest BCUT2D eigenvalue weighted by Gasteiger charge is -2.21. The van der Waals surface area contributed by atoms with Crippen LogP contribution in [0.4, 0.5) is 5.69 Å². The molecule has 1 aliphatic rings. The van der Waals surface area contributed by atoms with E-state index in [1.165, 1.54) is 11.3 Å². The van der Waals surface area contributed by atoms with E-state index in [2.05, 4.69) is 56.6 Å². The van der Waals surface area contributed by atoms with E-state index in [1.807, 2.05) is 0 Å². The third-order valence-corrected chi connectivity index (χ3v) is 4.34. The quantitative estimate of drug-likeness (QED) is 0.772. The molecule has 116 valence electrons. The Kier molecular flexibility index (Phi) is 6.06. The Balaban J connectivity index is 1.96. The van der Waals surface area contributed by atoms with E-state index >= 15 is 0 Å². The first kappa shape index (κ1) is 16.3. The fourth-order valence-corrected chi connectivity index (χ4v) is 3.39. The molecule has 1 heterocycles. The summed E-state index contributed by atoms with van der Waals surface area (Å²) in [5.74, 6) is 0.0539. The zero-order chi connectivity index (χ0) is 15.2. The molecule has 5 heteroatoms. The number of hydrogen-bond acceptors (Lipinski definition) is 3. The first-order chi connectivity index (χ1) is 10.1. The number of rotatable bonds is 6. The summed E-state index contributed by atoms with van der Waals surface area (Å²) in [7, 11) is 0. The summed E-state index contributed by atoms with van der Waals surface area (Å²) in [6.07, 6.45) is 2.16. The first-order valence-corrected chi connectivity index (χ1v) is 8.40. The smallest absolute Gasteiger partial charge is 0.217 e. The average Bonchev–Trinajstić information content (AvgIpc) is 2.86. The number of anilines is 1. The Labute approximate surface area is 135 Å². The van der Waals surface area contributed by atoms with Gasteiger partial charge >= 0.3 is 0 Å². The van der Waals surface area contributed by atoms with Gasteiger partial charge in [0, 0.05) is 37.1 Å². The molecule has 2 N–H and O–H groups in total. The molecule has 21 heavy (non-hydrogen) atoms. The number of carbonyl (C=O) groups excluding carboxylic acids is 1. The lowest BCUT2D eigenvalue weighted by atomic mass is 10.2. The van der Waals surface area contributed by atoms with Crippen LogP contribution in [0.3, 0.4) is 0 Å². The van der Waals surface area contributed by atoms with Crippen LogP contribution in [0.25, 0.3) is 0 Å². The zero-order valence-electron chi connectivity index (χ0n) is 12.8. The SMILES string of the molecule is CCCNCc1ccc(N2CCC(NC(C)=O)C2)c(Br)c1. The van der Waals surface area contributed by atoms with Crippen molar-refractivity contribution >= 4 is 27.5 Å². The van der Waals surface area contributed by atoms with Crippen molar-refractivity contribution in [1.82, 2.24) is 10.6 Å². The summed E-state index contributed by atoms with van der Waals surface area (Å²) in [5.41, 5.74) is 2.50. The van der Waals surface area contributed by atoms with E-state index in [-0.39, 0.29) is 11.9 Å². The highest BCUT2D eigenvalue weighted by molar-refractivity contribution is 9.10. The summed E-state index contributed by atoms with van der Waals surface area (Å²) in [6.45, 7) is 7.56. The van der Waals surface area contributed by atoms with Crippen molar-refractivity contribution in [1.29, 1.82) is 0 Å². The molecule has 0 saturated carbocycles. The number of nitrogens with zero attached hydrogens (tertiary/aromatic N) is 1. The summed E-state index contributed by atoms with van der Waals surface area (Å²) < 4.78 is 1.13. The Morgan fingerprint density at radius 2 is 2.29 bits per heavy atom. The number of halogens is 1. The van der Waals surface area contributed by atoms with Gasteiger partial charge in [0.25, 0.3) is 0 Å². The number of nitrogens with one attached hydrogen (secondary N) is 2. The molecule has 0 aliphatic carbocycles. The van der Waals surface area contributed by atoms with Crippen molar-refractivity contribution < 1.29 is 4.79 Å².